The van der Waals surface area contributed by atoms with Gasteiger partial charge in [-0.25, -0.2) is 12.8 Å². The highest BCUT2D eigenvalue weighted by Crippen LogP contribution is 2.32. The molecule has 0 amide bonds. The molecular weight excluding hydrogens is 267 g/mol. The number of rotatable bonds is 6. The number of unbranched alkanes of at least 4 members (excludes halogenated alkanes) is 1. The van der Waals surface area contributed by atoms with Crippen LogP contribution in [0.15, 0.2) is 23.1 Å². The van der Waals surface area contributed by atoms with Crippen LogP contribution in [0.3, 0.4) is 0 Å². The number of hydrogen-bond donors (Lipinski definition) is 1. The summed E-state index contributed by atoms with van der Waals surface area (Å²) in [4.78, 5) is 0.0782. The molecule has 4 nitrogen and oxygen atoms in total. The minimum absolute atomic E-state index is 0.0782. The first-order valence-corrected chi connectivity index (χ1v) is 7.97. The zero-order valence-corrected chi connectivity index (χ0v) is 11.8. The summed E-state index contributed by atoms with van der Waals surface area (Å²) in [6.07, 6.45) is 3.57. The SMILES string of the molecule is CCCCN(C1CC1)S(=O)(=O)c1ccc(F)c(N)c1. The van der Waals surface area contributed by atoms with E-state index < -0.39 is 15.8 Å². The lowest BCUT2D eigenvalue weighted by molar-refractivity contribution is 0.395. The molecule has 1 aliphatic carbocycles. The van der Waals surface area contributed by atoms with Crippen LogP contribution in [0.4, 0.5) is 10.1 Å². The topological polar surface area (TPSA) is 63.4 Å². The van der Waals surface area contributed by atoms with Gasteiger partial charge in [0, 0.05) is 12.6 Å². The Hall–Kier alpha value is -1.14. The molecule has 0 bridgehead atoms. The third kappa shape index (κ3) is 3.06. The van der Waals surface area contributed by atoms with E-state index in [-0.39, 0.29) is 16.6 Å². The molecular formula is C13H19FN2O2S. The molecule has 6 heteroatoms. The molecule has 0 atom stereocenters. The molecule has 0 spiro atoms. The fourth-order valence-corrected chi connectivity index (χ4v) is 3.75. The fourth-order valence-electron chi connectivity index (χ4n) is 1.99. The van der Waals surface area contributed by atoms with Crippen LogP contribution in [-0.2, 0) is 10.0 Å². The predicted molar refractivity (Wildman–Crippen MR) is 72.6 cm³/mol. The maximum Gasteiger partial charge on any atom is 0.243 e. The second-order valence-electron chi connectivity index (χ2n) is 4.88. The summed E-state index contributed by atoms with van der Waals surface area (Å²) in [6.45, 7) is 2.54. The van der Waals surface area contributed by atoms with Crippen LogP contribution in [0.2, 0.25) is 0 Å². The Labute approximate surface area is 113 Å². The van der Waals surface area contributed by atoms with Crippen molar-refractivity contribution in [1.82, 2.24) is 4.31 Å². The highest BCUT2D eigenvalue weighted by atomic mass is 32.2. The van der Waals surface area contributed by atoms with Crippen LogP contribution < -0.4 is 5.73 Å². The average molecular weight is 286 g/mol. The molecule has 0 radical (unpaired) electrons. The number of sulfonamides is 1. The van der Waals surface area contributed by atoms with Gasteiger partial charge in [-0.3, -0.25) is 0 Å². The summed E-state index contributed by atoms with van der Waals surface area (Å²) in [6, 6.07) is 3.68. The number of benzene rings is 1. The average Bonchev–Trinajstić information content (AvgIpc) is 3.17. The molecule has 2 rings (SSSR count). The van der Waals surface area contributed by atoms with Crippen molar-refractivity contribution in [2.24, 2.45) is 0 Å². The van der Waals surface area contributed by atoms with Crippen molar-refractivity contribution in [2.45, 2.75) is 43.5 Å². The lowest BCUT2D eigenvalue weighted by Gasteiger charge is -2.21. The third-order valence-corrected chi connectivity index (χ3v) is 5.21. The lowest BCUT2D eigenvalue weighted by Crippen LogP contribution is -2.34. The molecule has 2 N–H and O–H groups in total. The standard InChI is InChI=1S/C13H19FN2O2S/c1-2-3-8-16(10-4-5-10)19(17,18)11-6-7-12(14)13(15)9-11/h6-7,9-10H,2-5,8,15H2,1H3. The molecule has 1 aromatic rings. The van der Waals surface area contributed by atoms with E-state index in [0.29, 0.717) is 6.54 Å². The Bertz CT molecular complexity index is 556. The van der Waals surface area contributed by atoms with Crippen molar-refractivity contribution in [3.05, 3.63) is 24.0 Å². The van der Waals surface area contributed by atoms with Gasteiger partial charge in [0.1, 0.15) is 5.82 Å². The smallest absolute Gasteiger partial charge is 0.243 e. The van der Waals surface area contributed by atoms with E-state index in [0.717, 1.165) is 31.7 Å². The number of hydrogen-bond acceptors (Lipinski definition) is 3. The first-order chi connectivity index (χ1) is 8.96. The van der Waals surface area contributed by atoms with E-state index in [2.05, 4.69) is 0 Å². The maximum atomic E-state index is 13.1. The summed E-state index contributed by atoms with van der Waals surface area (Å²) >= 11 is 0. The zero-order valence-electron chi connectivity index (χ0n) is 11.0. The van der Waals surface area contributed by atoms with Crippen LogP contribution in [0.25, 0.3) is 0 Å². The summed E-state index contributed by atoms with van der Waals surface area (Å²) < 4.78 is 39.7. The van der Waals surface area contributed by atoms with Crippen molar-refractivity contribution in [3.63, 3.8) is 0 Å². The lowest BCUT2D eigenvalue weighted by atomic mass is 10.3. The van der Waals surface area contributed by atoms with Gasteiger partial charge in [-0.15, -0.1) is 0 Å². The van der Waals surface area contributed by atoms with Crippen molar-refractivity contribution in [3.8, 4) is 0 Å². The monoisotopic (exact) mass is 286 g/mol. The summed E-state index contributed by atoms with van der Waals surface area (Å²) in [5.74, 6) is -0.592. The van der Waals surface area contributed by atoms with E-state index in [1.807, 2.05) is 6.92 Å². The molecule has 1 fully saturated rings. The molecule has 19 heavy (non-hydrogen) atoms. The van der Waals surface area contributed by atoms with Gasteiger partial charge in [0.05, 0.1) is 10.6 Å². The maximum absolute atomic E-state index is 13.1. The van der Waals surface area contributed by atoms with Gasteiger partial charge >= 0.3 is 0 Å². The molecule has 1 aromatic carbocycles. The highest BCUT2D eigenvalue weighted by molar-refractivity contribution is 7.89. The molecule has 106 valence electrons. The van der Waals surface area contributed by atoms with Gasteiger partial charge in [0.15, 0.2) is 0 Å². The van der Waals surface area contributed by atoms with E-state index >= 15 is 0 Å². The Kier molecular flexibility index (Phi) is 4.10. The van der Waals surface area contributed by atoms with Crippen molar-refractivity contribution >= 4 is 15.7 Å². The molecule has 0 aliphatic heterocycles. The predicted octanol–water partition coefficient (Wildman–Crippen LogP) is 2.36. The van der Waals surface area contributed by atoms with E-state index in [9.17, 15) is 12.8 Å². The minimum Gasteiger partial charge on any atom is -0.396 e. The van der Waals surface area contributed by atoms with Crippen LogP contribution in [-0.4, -0.2) is 25.3 Å². The van der Waals surface area contributed by atoms with Crippen LogP contribution in [0.5, 0.6) is 0 Å². The van der Waals surface area contributed by atoms with E-state index in [4.69, 9.17) is 5.73 Å². The fraction of sp³-hybridized carbons (Fsp3) is 0.538. The minimum atomic E-state index is -3.56. The molecule has 0 aromatic heterocycles. The Morgan fingerprint density at radius 2 is 2.11 bits per heavy atom. The molecule has 0 saturated heterocycles. The largest absolute Gasteiger partial charge is 0.396 e. The van der Waals surface area contributed by atoms with Gasteiger partial charge in [-0.1, -0.05) is 13.3 Å². The van der Waals surface area contributed by atoms with E-state index in [1.54, 1.807) is 0 Å². The summed E-state index contributed by atoms with van der Waals surface area (Å²) in [5, 5.41) is 0. The zero-order chi connectivity index (χ0) is 14.0. The number of halogens is 1. The van der Waals surface area contributed by atoms with Gasteiger partial charge in [-0.2, -0.15) is 4.31 Å². The second kappa shape index (κ2) is 5.46. The first kappa shape index (κ1) is 14.3. The highest BCUT2D eigenvalue weighted by Gasteiger charge is 2.37. The van der Waals surface area contributed by atoms with Gasteiger partial charge in [0.2, 0.25) is 10.0 Å². The van der Waals surface area contributed by atoms with Gasteiger partial charge in [-0.05, 0) is 37.5 Å². The third-order valence-electron chi connectivity index (χ3n) is 3.26. The van der Waals surface area contributed by atoms with Crippen molar-refractivity contribution in [2.75, 3.05) is 12.3 Å². The summed E-state index contributed by atoms with van der Waals surface area (Å²) in [5.41, 5.74) is 5.32. The normalized spacial score (nSPS) is 15.9. The van der Waals surface area contributed by atoms with Crippen molar-refractivity contribution in [1.29, 1.82) is 0 Å². The number of nitrogens with two attached hydrogens (primary N) is 1. The second-order valence-corrected chi connectivity index (χ2v) is 6.77. The van der Waals surface area contributed by atoms with Gasteiger partial charge < -0.3 is 5.73 Å². The Morgan fingerprint density at radius 3 is 2.63 bits per heavy atom. The van der Waals surface area contributed by atoms with Gasteiger partial charge in [0.25, 0.3) is 0 Å². The molecule has 0 unspecified atom stereocenters. The quantitative estimate of drug-likeness (QED) is 0.817. The Morgan fingerprint density at radius 1 is 1.42 bits per heavy atom. The van der Waals surface area contributed by atoms with Crippen LogP contribution >= 0.6 is 0 Å². The van der Waals surface area contributed by atoms with E-state index in [1.165, 1.54) is 16.4 Å². The molecule has 1 aliphatic rings. The molecule has 0 heterocycles. The van der Waals surface area contributed by atoms with Crippen LogP contribution in [0, 0.1) is 5.82 Å². The number of nitrogens with zero attached hydrogens (tertiary/aromatic N) is 1. The number of nitrogen functional groups attached to an aromatic ring is 1. The van der Waals surface area contributed by atoms with Crippen LogP contribution in [0.1, 0.15) is 32.6 Å². The molecule has 1 saturated carbocycles. The van der Waals surface area contributed by atoms with Crippen molar-refractivity contribution < 1.29 is 12.8 Å². The Balaban J connectivity index is 2.30. The number of anilines is 1. The summed E-state index contributed by atoms with van der Waals surface area (Å²) in [7, 11) is -3.56. The first-order valence-electron chi connectivity index (χ1n) is 6.53.